The Morgan fingerprint density at radius 3 is 2.64 bits per heavy atom. The van der Waals surface area contributed by atoms with E-state index in [1.165, 1.54) is 6.92 Å². The number of rotatable bonds is 3. The van der Waals surface area contributed by atoms with Crippen molar-refractivity contribution < 1.29 is 32.6 Å². The van der Waals surface area contributed by atoms with Crippen molar-refractivity contribution in [1.82, 2.24) is 10.1 Å². The number of nitrogens with zero attached hydrogens (tertiary/aromatic N) is 2. The summed E-state index contributed by atoms with van der Waals surface area (Å²) in [6, 6.07) is 3.13. The second kappa shape index (κ2) is 6.77. The number of likely N-dealkylation sites (tertiary alicyclic amines) is 1. The third-order valence-corrected chi connectivity index (χ3v) is 5.19. The molecule has 2 aromatic rings. The van der Waals surface area contributed by atoms with Gasteiger partial charge in [-0.15, -0.1) is 11.3 Å². The number of piperidine rings is 1. The van der Waals surface area contributed by atoms with Crippen LogP contribution in [0.25, 0.3) is 10.6 Å². The van der Waals surface area contributed by atoms with Gasteiger partial charge in [0.15, 0.2) is 0 Å². The van der Waals surface area contributed by atoms with Crippen LogP contribution in [0, 0.1) is 6.92 Å². The summed E-state index contributed by atoms with van der Waals surface area (Å²) < 4.78 is 42.8. The molecule has 0 atom stereocenters. The molecule has 0 unspecified atom stereocenters. The number of aromatic nitrogens is 1. The average molecular weight is 376 g/mol. The fourth-order valence-electron chi connectivity index (χ4n) is 2.73. The molecule has 3 rings (SSSR count). The van der Waals surface area contributed by atoms with Gasteiger partial charge >= 0.3 is 6.18 Å². The number of carbonyl (C=O) groups excluding carboxylic acids is 1. The number of halogens is 3. The van der Waals surface area contributed by atoms with Crippen LogP contribution in [0.2, 0.25) is 0 Å². The molecule has 1 amide bonds. The van der Waals surface area contributed by atoms with E-state index in [-0.39, 0.29) is 23.3 Å². The summed E-state index contributed by atoms with van der Waals surface area (Å²) in [5.74, 6) is -1.33. The smallest absolute Gasteiger partial charge is 0.351 e. The van der Waals surface area contributed by atoms with E-state index in [0.29, 0.717) is 35.7 Å². The van der Waals surface area contributed by atoms with Crippen LogP contribution in [0.3, 0.4) is 0 Å². The maximum absolute atomic E-state index is 12.8. The highest BCUT2D eigenvalue weighted by Gasteiger charge is 2.39. The number of thiophene rings is 1. The highest BCUT2D eigenvalue weighted by molar-refractivity contribution is 7.17. The quantitative estimate of drug-likeness (QED) is 0.651. The first-order chi connectivity index (χ1) is 11.8. The van der Waals surface area contributed by atoms with Gasteiger partial charge in [0, 0.05) is 18.7 Å². The van der Waals surface area contributed by atoms with Crippen molar-refractivity contribution in [3.05, 3.63) is 28.3 Å². The third kappa shape index (κ3) is 3.55. The Labute approximate surface area is 144 Å². The molecule has 0 bridgehead atoms. The van der Waals surface area contributed by atoms with E-state index in [9.17, 15) is 18.0 Å². The minimum atomic E-state index is -4.61. The lowest BCUT2D eigenvalue weighted by Crippen LogP contribution is -2.40. The molecule has 0 aromatic carbocycles. The van der Waals surface area contributed by atoms with E-state index < -0.39 is 11.9 Å². The topological polar surface area (TPSA) is 75.8 Å². The summed E-state index contributed by atoms with van der Waals surface area (Å²) in [6.07, 6.45) is -3.83. The molecule has 1 aliphatic heterocycles. The first-order valence-electron chi connectivity index (χ1n) is 7.54. The van der Waals surface area contributed by atoms with Gasteiger partial charge < -0.3 is 9.42 Å². The first-order valence-corrected chi connectivity index (χ1v) is 8.36. The van der Waals surface area contributed by atoms with Crippen molar-refractivity contribution in [2.24, 2.45) is 0 Å². The van der Waals surface area contributed by atoms with Gasteiger partial charge in [-0.05, 0) is 31.9 Å². The van der Waals surface area contributed by atoms with Crippen molar-refractivity contribution in [3.8, 4) is 10.6 Å². The molecule has 1 N–H and O–H groups in total. The average Bonchev–Trinajstić information content (AvgIpc) is 3.20. The minimum absolute atomic E-state index is 0.0868. The van der Waals surface area contributed by atoms with Crippen LogP contribution < -0.4 is 0 Å². The van der Waals surface area contributed by atoms with Crippen molar-refractivity contribution in [1.29, 1.82) is 0 Å². The fourth-order valence-corrected chi connectivity index (χ4v) is 3.74. The zero-order valence-corrected chi connectivity index (χ0v) is 14.0. The Morgan fingerprint density at radius 1 is 1.40 bits per heavy atom. The molecule has 0 aliphatic carbocycles. The molecule has 3 heterocycles. The molecule has 1 aliphatic rings. The maximum Gasteiger partial charge on any atom is 0.452 e. The van der Waals surface area contributed by atoms with Gasteiger partial charge in [-0.2, -0.15) is 13.2 Å². The normalized spacial score (nSPS) is 16.4. The fraction of sp³-hybridized carbons (Fsp3) is 0.467. The van der Waals surface area contributed by atoms with Crippen LogP contribution in [-0.2, 0) is 11.1 Å². The van der Waals surface area contributed by atoms with Crippen LogP contribution in [0.4, 0.5) is 13.2 Å². The van der Waals surface area contributed by atoms with Crippen LogP contribution in [0.5, 0.6) is 0 Å². The molecular formula is C15H15F3N2O4S. The first kappa shape index (κ1) is 17.9. The Morgan fingerprint density at radius 2 is 2.08 bits per heavy atom. The zero-order valence-electron chi connectivity index (χ0n) is 13.2. The molecule has 10 heteroatoms. The number of alkyl halides is 3. The van der Waals surface area contributed by atoms with Crippen LogP contribution >= 0.6 is 11.3 Å². The Kier molecular flexibility index (Phi) is 4.85. The van der Waals surface area contributed by atoms with E-state index in [0.717, 1.165) is 11.3 Å². The van der Waals surface area contributed by atoms with E-state index in [2.05, 4.69) is 14.6 Å². The lowest BCUT2D eigenvalue weighted by atomic mass is 10.1. The zero-order chi connectivity index (χ0) is 18.2. The van der Waals surface area contributed by atoms with Crippen molar-refractivity contribution in [2.75, 3.05) is 13.1 Å². The van der Waals surface area contributed by atoms with E-state index in [4.69, 9.17) is 5.26 Å². The standard InChI is InChI=1S/C15H15F3N2O4S/c1-8-12(19-23-13(8)15(16,17)18)10-2-3-11(25-10)14(21)20-6-4-9(24-22)5-7-20/h2-3,9,22H,4-7H2,1H3. The van der Waals surface area contributed by atoms with Crippen LogP contribution in [-0.4, -0.2) is 40.4 Å². The molecular weight excluding hydrogens is 361 g/mol. The third-order valence-electron chi connectivity index (χ3n) is 4.11. The molecule has 136 valence electrons. The molecule has 25 heavy (non-hydrogen) atoms. The van der Waals surface area contributed by atoms with E-state index in [1.54, 1.807) is 17.0 Å². The summed E-state index contributed by atoms with van der Waals surface area (Å²) in [7, 11) is 0. The van der Waals surface area contributed by atoms with Gasteiger partial charge in [-0.25, -0.2) is 4.89 Å². The molecule has 2 aromatic heterocycles. The minimum Gasteiger partial charge on any atom is -0.351 e. The predicted octanol–water partition coefficient (Wildman–Crippen LogP) is 3.82. The van der Waals surface area contributed by atoms with Gasteiger partial charge in [0.05, 0.1) is 15.9 Å². The number of hydrogen-bond acceptors (Lipinski definition) is 6. The van der Waals surface area contributed by atoms with Crippen LogP contribution in [0.15, 0.2) is 16.7 Å². The van der Waals surface area contributed by atoms with Crippen molar-refractivity contribution in [3.63, 3.8) is 0 Å². The number of hydrogen-bond donors (Lipinski definition) is 1. The lowest BCUT2D eigenvalue weighted by Gasteiger charge is -2.29. The number of amides is 1. The second-order valence-corrected chi connectivity index (χ2v) is 6.83. The monoisotopic (exact) mass is 376 g/mol. The molecule has 0 radical (unpaired) electrons. The van der Waals surface area contributed by atoms with Gasteiger partial charge in [-0.1, -0.05) is 5.16 Å². The summed E-state index contributed by atoms with van der Waals surface area (Å²) in [4.78, 5) is 19.3. The second-order valence-electron chi connectivity index (χ2n) is 5.74. The lowest BCUT2D eigenvalue weighted by molar-refractivity contribution is -0.284. The molecule has 0 spiro atoms. The van der Waals surface area contributed by atoms with Crippen molar-refractivity contribution >= 4 is 17.2 Å². The SMILES string of the molecule is Cc1c(-c2ccc(C(=O)N3CCC(OO)CC3)s2)noc1C(F)(F)F. The molecule has 1 saturated heterocycles. The Bertz CT molecular complexity index is 763. The Balaban J connectivity index is 1.77. The molecule has 6 nitrogen and oxygen atoms in total. The summed E-state index contributed by atoms with van der Waals surface area (Å²) >= 11 is 1.07. The summed E-state index contributed by atoms with van der Waals surface area (Å²) in [5.41, 5.74) is -0.0157. The summed E-state index contributed by atoms with van der Waals surface area (Å²) in [6.45, 7) is 2.17. The number of carbonyl (C=O) groups is 1. The van der Waals surface area contributed by atoms with Crippen molar-refractivity contribution in [2.45, 2.75) is 32.0 Å². The highest BCUT2D eigenvalue weighted by atomic mass is 32.1. The van der Waals surface area contributed by atoms with Gasteiger partial charge in [0.2, 0.25) is 5.76 Å². The largest absolute Gasteiger partial charge is 0.452 e. The van der Waals surface area contributed by atoms with E-state index in [1.807, 2.05) is 0 Å². The van der Waals surface area contributed by atoms with E-state index >= 15 is 0 Å². The predicted molar refractivity (Wildman–Crippen MR) is 82.2 cm³/mol. The maximum atomic E-state index is 12.8. The van der Waals surface area contributed by atoms with Crippen LogP contribution in [0.1, 0.15) is 33.8 Å². The molecule has 0 saturated carbocycles. The summed E-state index contributed by atoms with van der Waals surface area (Å²) in [5, 5.41) is 12.2. The highest BCUT2D eigenvalue weighted by Crippen LogP contribution is 2.38. The van der Waals surface area contributed by atoms with Gasteiger partial charge in [0.25, 0.3) is 5.91 Å². The molecule has 1 fully saturated rings. The van der Waals surface area contributed by atoms with Gasteiger partial charge in [-0.3, -0.25) is 10.1 Å². The van der Waals surface area contributed by atoms with Gasteiger partial charge in [0.1, 0.15) is 5.69 Å². The Hall–Kier alpha value is -1.91.